The zero-order chi connectivity index (χ0) is 14.0. The highest BCUT2D eigenvalue weighted by atomic mass is 127. The maximum Gasteiger partial charge on any atom is 0.102 e. The molecule has 0 amide bonds. The molecule has 0 heterocycles. The van der Waals surface area contributed by atoms with Crippen LogP contribution in [-0.4, -0.2) is 63.3 Å². The van der Waals surface area contributed by atoms with Crippen molar-refractivity contribution in [3.8, 4) is 0 Å². The molecule has 4 atom stereocenters. The number of nitrogens with zero attached hydrogens (tertiary/aromatic N) is 2. The van der Waals surface area contributed by atoms with Crippen LogP contribution in [0.15, 0.2) is 24.3 Å². The first-order chi connectivity index (χ1) is 8.71. The van der Waals surface area contributed by atoms with E-state index in [9.17, 15) is 0 Å². The molecule has 1 aromatic carbocycles. The molecule has 0 saturated heterocycles. The van der Waals surface area contributed by atoms with E-state index >= 15 is 0 Å². The van der Waals surface area contributed by atoms with Crippen molar-refractivity contribution in [3.63, 3.8) is 0 Å². The van der Waals surface area contributed by atoms with Gasteiger partial charge in [0.15, 0.2) is 0 Å². The number of quaternary nitrogens is 2. The molecule has 0 spiro atoms. The van der Waals surface area contributed by atoms with Gasteiger partial charge in [-0.2, -0.15) is 0 Å². The van der Waals surface area contributed by atoms with Crippen molar-refractivity contribution in [3.05, 3.63) is 35.4 Å². The highest BCUT2D eigenvalue weighted by molar-refractivity contribution is 5.48. The fourth-order valence-electron chi connectivity index (χ4n) is 4.44. The van der Waals surface area contributed by atoms with E-state index in [1.807, 2.05) is 0 Å². The number of benzene rings is 1. The highest BCUT2D eigenvalue weighted by Crippen LogP contribution is 2.59. The average molecular weight is 387 g/mol. The standard InChI is InChI=1S/C17H28N2.HI/c1-18(2,3)14-11-15(19(4,5)6)17-13-10-8-7-9-12(13)16(14)17;/h7-10,14-17H,11H2,1-6H3;1H/q+2;/p-1. The molecular formula is C17H28IN2+. The van der Waals surface area contributed by atoms with Gasteiger partial charge in [0.05, 0.1) is 48.7 Å². The van der Waals surface area contributed by atoms with Crippen molar-refractivity contribution in [2.24, 2.45) is 0 Å². The molecule has 0 N–H and O–H groups in total. The van der Waals surface area contributed by atoms with Crippen molar-refractivity contribution < 1.29 is 32.9 Å². The van der Waals surface area contributed by atoms with Crippen LogP contribution in [0.1, 0.15) is 29.4 Å². The summed E-state index contributed by atoms with van der Waals surface area (Å²) in [5, 5.41) is 0. The van der Waals surface area contributed by atoms with E-state index in [0.29, 0.717) is 0 Å². The zero-order valence-electron chi connectivity index (χ0n) is 13.6. The summed E-state index contributed by atoms with van der Waals surface area (Å²) in [7, 11) is 14.2. The van der Waals surface area contributed by atoms with Crippen LogP contribution in [0.25, 0.3) is 0 Å². The van der Waals surface area contributed by atoms with Crippen molar-refractivity contribution in [1.29, 1.82) is 0 Å². The maximum absolute atomic E-state index is 2.36. The van der Waals surface area contributed by atoms with E-state index in [-0.39, 0.29) is 24.0 Å². The minimum absolute atomic E-state index is 0. The molecule has 20 heavy (non-hydrogen) atoms. The quantitative estimate of drug-likeness (QED) is 0.471. The third-order valence-electron chi connectivity index (χ3n) is 5.40. The summed E-state index contributed by atoms with van der Waals surface area (Å²) in [5.74, 6) is 1.55. The molecule has 4 unspecified atom stereocenters. The summed E-state index contributed by atoms with van der Waals surface area (Å²) in [5.41, 5.74) is 3.25. The summed E-state index contributed by atoms with van der Waals surface area (Å²) in [6.45, 7) is 0. The van der Waals surface area contributed by atoms with E-state index in [4.69, 9.17) is 0 Å². The fourth-order valence-corrected chi connectivity index (χ4v) is 4.44. The molecule has 0 aromatic heterocycles. The van der Waals surface area contributed by atoms with Crippen LogP contribution < -0.4 is 24.0 Å². The molecule has 2 aliphatic carbocycles. The third-order valence-corrected chi connectivity index (χ3v) is 5.40. The smallest absolute Gasteiger partial charge is 0.102 e. The number of fused-ring (bicyclic) bond motifs is 4. The predicted molar refractivity (Wildman–Crippen MR) is 80.2 cm³/mol. The Bertz CT molecular complexity index is 453. The van der Waals surface area contributed by atoms with Gasteiger partial charge in [0.1, 0.15) is 12.1 Å². The molecule has 0 aliphatic heterocycles. The molecule has 0 radical (unpaired) electrons. The highest BCUT2D eigenvalue weighted by Gasteiger charge is 2.60. The molecule has 1 saturated carbocycles. The Morgan fingerprint density at radius 3 is 1.40 bits per heavy atom. The van der Waals surface area contributed by atoms with Gasteiger partial charge in [0.2, 0.25) is 0 Å². The minimum atomic E-state index is 0. The van der Waals surface area contributed by atoms with Crippen molar-refractivity contribution >= 4 is 0 Å². The second-order valence-corrected chi connectivity index (χ2v) is 8.28. The molecule has 1 fully saturated rings. The van der Waals surface area contributed by atoms with Crippen molar-refractivity contribution in [2.45, 2.75) is 30.3 Å². The number of likely N-dealkylation sites (N-methyl/N-ethyl adjacent to an activating group) is 2. The first kappa shape index (κ1) is 16.2. The summed E-state index contributed by atoms with van der Waals surface area (Å²) in [4.78, 5) is 0. The average Bonchev–Trinajstić information content (AvgIpc) is 2.60. The van der Waals surface area contributed by atoms with E-state index in [1.54, 1.807) is 11.1 Å². The lowest BCUT2D eigenvalue weighted by atomic mass is 9.67. The Labute approximate surface area is 141 Å². The number of hydrogen-bond acceptors (Lipinski definition) is 0. The van der Waals surface area contributed by atoms with Crippen LogP contribution in [0, 0.1) is 0 Å². The van der Waals surface area contributed by atoms with Gasteiger partial charge in [-0.25, -0.2) is 0 Å². The summed E-state index contributed by atoms with van der Waals surface area (Å²) in [6.07, 6.45) is 1.34. The largest absolute Gasteiger partial charge is 1.00 e. The van der Waals surface area contributed by atoms with E-state index in [1.165, 1.54) is 6.42 Å². The van der Waals surface area contributed by atoms with Gasteiger partial charge >= 0.3 is 0 Å². The first-order valence-electron chi connectivity index (χ1n) is 7.42. The van der Waals surface area contributed by atoms with Gasteiger partial charge in [-0.1, -0.05) is 24.3 Å². The Balaban J connectivity index is 0.00000147. The van der Waals surface area contributed by atoms with Crippen molar-refractivity contribution in [1.82, 2.24) is 0 Å². The Morgan fingerprint density at radius 2 is 1.10 bits per heavy atom. The monoisotopic (exact) mass is 387 g/mol. The lowest BCUT2D eigenvalue weighted by Crippen LogP contribution is -3.00. The summed E-state index contributed by atoms with van der Waals surface area (Å²) < 4.78 is 2.18. The van der Waals surface area contributed by atoms with Gasteiger partial charge < -0.3 is 32.9 Å². The molecule has 3 rings (SSSR count). The molecule has 3 heteroatoms. The number of rotatable bonds is 2. The lowest BCUT2D eigenvalue weighted by molar-refractivity contribution is -0.911. The van der Waals surface area contributed by atoms with E-state index in [0.717, 1.165) is 32.9 Å². The van der Waals surface area contributed by atoms with Gasteiger partial charge in [-0.05, 0) is 11.1 Å². The van der Waals surface area contributed by atoms with Gasteiger partial charge in [-0.15, -0.1) is 0 Å². The number of halogens is 1. The lowest BCUT2D eigenvalue weighted by Gasteiger charge is -2.44. The van der Waals surface area contributed by atoms with Crippen molar-refractivity contribution in [2.75, 3.05) is 42.3 Å². The second kappa shape index (κ2) is 4.96. The van der Waals surface area contributed by atoms with Crippen LogP contribution in [0.3, 0.4) is 0 Å². The SMILES string of the molecule is C[N+](C)(C)C1CC([N+](C)(C)C)C2c3ccccc3C21.[I-]. The first-order valence-corrected chi connectivity index (χ1v) is 7.42. The topological polar surface area (TPSA) is 0 Å². The van der Waals surface area contributed by atoms with Crippen LogP contribution in [0.4, 0.5) is 0 Å². The normalized spacial score (nSPS) is 31.9. The Kier molecular flexibility index (Phi) is 4.03. The van der Waals surface area contributed by atoms with E-state index < -0.39 is 0 Å². The second-order valence-electron chi connectivity index (χ2n) is 8.28. The van der Waals surface area contributed by atoms with Gasteiger partial charge in [0, 0.05) is 11.8 Å². The molecule has 112 valence electrons. The maximum atomic E-state index is 2.36. The van der Waals surface area contributed by atoms with Crippen LogP contribution in [0.5, 0.6) is 0 Å². The predicted octanol–water partition coefficient (Wildman–Crippen LogP) is -0.575. The van der Waals surface area contributed by atoms with Crippen LogP contribution >= 0.6 is 0 Å². The molecule has 0 bridgehead atoms. The molecule has 1 aromatic rings. The summed E-state index contributed by atoms with van der Waals surface area (Å²) in [6, 6.07) is 10.7. The zero-order valence-corrected chi connectivity index (χ0v) is 15.8. The minimum Gasteiger partial charge on any atom is -1.00 e. The third kappa shape index (κ3) is 2.32. The van der Waals surface area contributed by atoms with Crippen LogP contribution in [0.2, 0.25) is 0 Å². The van der Waals surface area contributed by atoms with Gasteiger partial charge in [-0.3, -0.25) is 0 Å². The van der Waals surface area contributed by atoms with Gasteiger partial charge in [0.25, 0.3) is 0 Å². The fraction of sp³-hybridized carbons (Fsp3) is 0.647. The van der Waals surface area contributed by atoms with Crippen LogP contribution in [-0.2, 0) is 0 Å². The Hall–Kier alpha value is -0.130. The number of hydrogen-bond donors (Lipinski definition) is 0. The Morgan fingerprint density at radius 1 is 0.750 bits per heavy atom. The molecular weight excluding hydrogens is 359 g/mol. The van der Waals surface area contributed by atoms with E-state index in [2.05, 4.69) is 66.6 Å². The summed E-state index contributed by atoms with van der Waals surface area (Å²) >= 11 is 0. The molecule has 2 nitrogen and oxygen atoms in total. The molecule has 2 aliphatic rings.